The van der Waals surface area contributed by atoms with Gasteiger partial charge in [0.15, 0.2) is 0 Å². The second-order valence-corrected chi connectivity index (χ2v) is 8.50. The molecule has 2 heterocycles. The van der Waals surface area contributed by atoms with Crippen molar-refractivity contribution in [2.75, 3.05) is 5.32 Å². The van der Waals surface area contributed by atoms with Gasteiger partial charge >= 0.3 is 11.8 Å². The normalized spacial score (nSPS) is 11.4. The van der Waals surface area contributed by atoms with Gasteiger partial charge in [0, 0.05) is 25.0 Å². The van der Waals surface area contributed by atoms with Crippen LogP contribution in [0.4, 0.5) is 10.6 Å². The van der Waals surface area contributed by atoms with Gasteiger partial charge in [-0.2, -0.15) is 0 Å². The molecule has 0 aliphatic heterocycles. The first-order valence-electron chi connectivity index (χ1n) is 9.03. The number of benzene rings is 1. The highest BCUT2D eigenvalue weighted by Crippen LogP contribution is 2.31. The van der Waals surface area contributed by atoms with Crippen molar-refractivity contribution < 1.29 is 14.6 Å². The molecule has 0 aliphatic carbocycles. The van der Waals surface area contributed by atoms with Crippen molar-refractivity contribution in [2.45, 2.75) is 26.4 Å². The average molecular weight is 430 g/mol. The number of carbonyl (C=O) groups excluding carboxylic acids is 1. The van der Waals surface area contributed by atoms with E-state index in [0.29, 0.717) is 10.7 Å². The number of nitrogens with one attached hydrogen (secondary N) is 1. The summed E-state index contributed by atoms with van der Waals surface area (Å²) < 4.78 is 7.39. The summed E-state index contributed by atoms with van der Waals surface area (Å²) in [5.74, 6) is 0.131. The fourth-order valence-corrected chi connectivity index (χ4v) is 3.56. The highest BCUT2D eigenvalue weighted by molar-refractivity contribution is 7.13. The number of ether oxygens (including phenoxy) is 1. The molecule has 2 N–H and O–H groups in total. The van der Waals surface area contributed by atoms with Gasteiger partial charge in [-0.15, -0.1) is 11.3 Å². The Balaban J connectivity index is 2.12. The lowest BCUT2D eigenvalue weighted by Crippen LogP contribution is -2.40. The molecule has 0 unspecified atom stereocenters. The van der Waals surface area contributed by atoms with Crippen molar-refractivity contribution in [1.82, 2.24) is 14.1 Å². The zero-order valence-corrected chi connectivity index (χ0v) is 18.0. The Kier molecular flexibility index (Phi) is 5.53. The number of amides is 1. The fourth-order valence-electron chi connectivity index (χ4n) is 2.75. The summed E-state index contributed by atoms with van der Waals surface area (Å²) in [5, 5.41) is 14.3. The Morgan fingerprint density at radius 1 is 1.13 bits per heavy atom. The Hall–Kier alpha value is -3.40. The Morgan fingerprint density at radius 2 is 1.77 bits per heavy atom. The Morgan fingerprint density at radius 3 is 2.37 bits per heavy atom. The van der Waals surface area contributed by atoms with Crippen LogP contribution in [0.15, 0.2) is 39.2 Å². The summed E-state index contributed by atoms with van der Waals surface area (Å²) >= 11 is 1.29. The summed E-state index contributed by atoms with van der Waals surface area (Å²) in [6, 6.07) is 6.49. The number of phenols is 1. The molecule has 0 fully saturated rings. The minimum Gasteiger partial charge on any atom is -0.508 e. The number of carbonyl (C=O) groups is 1. The lowest BCUT2D eigenvalue weighted by Gasteiger charge is -2.21. The summed E-state index contributed by atoms with van der Waals surface area (Å²) in [6.45, 7) is 5.13. The molecule has 1 aromatic carbocycles. The molecule has 0 aliphatic rings. The summed E-state index contributed by atoms with van der Waals surface area (Å²) in [4.78, 5) is 42.2. The summed E-state index contributed by atoms with van der Waals surface area (Å²) in [7, 11) is 2.81. The van der Waals surface area contributed by atoms with E-state index >= 15 is 0 Å². The van der Waals surface area contributed by atoms with Crippen LogP contribution in [0.1, 0.15) is 20.8 Å². The second kappa shape index (κ2) is 7.79. The van der Waals surface area contributed by atoms with E-state index in [1.165, 1.54) is 42.1 Å². The van der Waals surface area contributed by atoms with Crippen molar-refractivity contribution in [3.8, 4) is 27.6 Å². The highest BCUT2D eigenvalue weighted by Gasteiger charge is 2.24. The predicted octanol–water partition coefficient (Wildman–Crippen LogP) is 2.93. The van der Waals surface area contributed by atoms with E-state index in [1.54, 1.807) is 38.3 Å². The van der Waals surface area contributed by atoms with Crippen LogP contribution in [-0.2, 0) is 18.8 Å². The van der Waals surface area contributed by atoms with E-state index < -0.39 is 22.9 Å². The number of aromatic hydroxyl groups is 1. The molecular formula is C20H22N4O5S. The molecule has 30 heavy (non-hydrogen) atoms. The molecule has 1 amide bonds. The monoisotopic (exact) mass is 430 g/mol. The van der Waals surface area contributed by atoms with Gasteiger partial charge in [0.2, 0.25) is 0 Å². The van der Waals surface area contributed by atoms with Gasteiger partial charge in [-0.3, -0.25) is 19.2 Å². The van der Waals surface area contributed by atoms with Crippen LogP contribution in [0, 0.1) is 0 Å². The first-order valence-corrected chi connectivity index (χ1v) is 9.91. The van der Waals surface area contributed by atoms with Crippen molar-refractivity contribution in [2.24, 2.45) is 14.1 Å². The maximum Gasteiger partial charge on any atom is 0.413 e. The molecule has 0 radical (unpaired) electrons. The lowest BCUT2D eigenvalue weighted by atomic mass is 10.2. The number of anilines is 1. The van der Waals surface area contributed by atoms with Gasteiger partial charge in [-0.25, -0.2) is 14.6 Å². The molecule has 3 rings (SSSR count). The summed E-state index contributed by atoms with van der Waals surface area (Å²) in [5.41, 5.74) is -0.796. The number of thiazole rings is 1. The van der Waals surface area contributed by atoms with Crippen molar-refractivity contribution in [3.63, 3.8) is 0 Å². The minimum absolute atomic E-state index is 0.0000869. The number of hydrogen-bond donors (Lipinski definition) is 2. The number of phenolic OH excluding ortho intramolecular Hbond substituents is 1. The quantitative estimate of drug-likeness (QED) is 0.660. The van der Waals surface area contributed by atoms with Crippen LogP contribution >= 0.6 is 11.3 Å². The van der Waals surface area contributed by atoms with Crippen LogP contribution in [0.2, 0.25) is 0 Å². The van der Waals surface area contributed by atoms with Gasteiger partial charge in [-0.05, 0) is 45.0 Å². The number of rotatable bonds is 3. The van der Waals surface area contributed by atoms with Crippen LogP contribution in [-0.4, -0.2) is 30.9 Å². The topological polar surface area (TPSA) is 115 Å². The predicted molar refractivity (Wildman–Crippen MR) is 115 cm³/mol. The van der Waals surface area contributed by atoms with E-state index in [-0.39, 0.29) is 17.1 Å². The van der Waals surface area contributed by atoms with Crippen molar-refractivity contribution in [1.29, 1.82) is 0 Å². The minimum atomic E-state index is -0.791. The third kappa shape index (κ3) is 4.28. The van der Waals surface area contributed by atoms with E-state index in [4.69, 9.17) is 4.74 Å². The first-order chi connectivity index (χ1) is 14.0. The lowest BCUT2D eigenvalue weighted by molar-refractivity contribution is 0.0634. The largest absolute Gasteiger partial charge is 0.508 e. The van der Waals surface area contributed by atoms with Crippen molar-refractivity contribution >= 4 is 23.2 Å². The third-order valence-corrected chi connectivity index (χ3v) is 5.05. The van der Waals surface area contributed by atoms with Gasteiger partial charge in [0.1, 0.15) is 27.7 Å². The molecular weight excluding hydrogens is 408 g/mol. The molecule has 0 atom stereocenters. The van der Waals surface area contributed by atoms with Crippen LogP contribution in [0.3, 0.4) is 0 Å². The second-order valence-electron chi connectivity index (χ2n) is 7.64. The molecule has 0 saturated carbocycles. The van der Waals surface area contributed by atoms with Gasteiger partial charge in [-0.1, -0.05) is 0 Å². The van der Waals surface area contributed by atoms with Crippen LogP contribution < -0.4 is 16.6 Å². The Bertz CT molecular complexity index is 1220. The van der Waals surface area contributed by atoms with Gasteiger partial charge < -0.3 is 9.84 Å². The molecule has 10 heteroatoms. The highest BCUT2D eigenvalue weighted by atomic mass is 32.1. The molecule has 9 nitrogen and oxygen atoms in total. The number of hydrogen-bond acceptors (Lipinski definition) is 7. The SMILES string of the molecule is Cn1c(NC(=O)OC(C)(C)C)c(-c2csc(-c3ccc(O)cc3)n2)c(=O)n(C)c1=O. The standard InChI is InChI=1S/C20H22N4O5S/c1-20(2,3)29-18(27)22-15-14(17(26)24(5)19(28)23(15)4)13-10-30-16(21-13)11-6-8-12(25)9-7-11/h6-10,25H,1-5H3,(H,22,27). The molecule has 0 spiro atoms. The first kappa shape index (κ1) is 21.3. The van der Waals surface area contributed by atoms with Gasteiger partial charge in [0.25, 0.3) is 5.56 Å². The maximum absolute atomic E-state index is 12.9. The molecule has 0 bridgehead atoms. The van der Waals surface area contributed by atoms with E-state index in [0.717, 1.165) is 10.1 Å². The van der Waals surface area contributed by atoms with Gasteiger partial charge in [0.05, 0.1) is 5.69 Å². The molecule has 158 valence electrons. The third-order valence-electron chi connectivity index (χ3n) is 4.16. The zero-order chi connectivity index (χ0) is 22.2. The Labute approximate surface area is 176 Å². The fraction of sp³-hybridized carbons (Fsp3) is 0.300. The van der Waals surface area contributed by atoms with Crippen molar-refractivity contribution in [3.05, 3.63) is 50.5 Å². The average Bonchev–Trinajstić information content (AvgIpc) is 3.13. The number of aromatic nitrogens is 3. The number of nitrogens with zero attached hydrogens (tertiary/aromatic N) is 3. The molecule has 2 aromatic heterocycles. The van der Waals surface area contributed by atoms with E-state index in [9.17, 15) is 19.5 Å². The smallest absolute Gasteiger partial charge is 0.413 e. The van der Waals surface area contributed by atoms with E-state index in [2.05, 4.69) is 10.3 Å². The van der Waals surface area contributed by atoms with Crippen LogP contribution in [0.5, 0.6) is 5.75 Å². The molecule has 3 aromatic rings. The van der Waals surface area contributed by atoms with E-state index in [1.807, 2.05) is 0 Å². The summed E-state index contributed by atoms with van der Waals surface area (Å²) in [6.07, 6.45) is -0.791. The zero-order valence-electron chi connectivity index (χ0n) is 17.2. The maximum atomic E-state index is 12.9. The van der Waals surface area contributed by atoms with Crippen LogP contribution in [0.25, 0.3) is 21.8 Å². The molecule has 0 saturated heterocycles.